The van der Waals surface area contributed by atoms with Gasteiger partial charge in [-0.25, -0.2) is 5.84 Å². The maximum absolute atomic E-state index is 11.9. The second kappa shape index (κ2) is 5.60. The zero-order chi connectivity index (χ0) is 13.1. The standard InChI is InChI=1S/C12H23N3O2/c1-9(2)12(17)10-4-6-15(3,7-5-10)8-11(16)14-13/h9-10H,4-8,13H2,1-3H3/p+1. The van der Waals surface area contributed by atoms with E-state index in [0.717, 1.165) is 25.9 Å². The Morgan fingerprint density at radius 2 is 1.88 bits per heavy atom. The molecule has 1 amide bonds. The topological polar surface area (TPSA) is 72.2 Å². The van der Waals surface area contributed by atoms with Crippen LogP contribution in [0.25, 0.3) is 0 Å². The number of ketones is 1. The number of quaternary nitrogens is 1. The number of amides is 1. The van der Waals surface area contributed by atoms with Crippen molar-refractivity contribution in [1.82, 2.24) is 5.43 Å². The molecule has 0 saturated carbocycles. The van der Waals surface area contributed by atoms with E-state index in [4.69, 9.17) is 5.84 Å². The molecule has 5 heteroatoms. The van der Waals surface area contributed by atoms with Gasteiger partial charge in [-0.2, -0.15) is 0 Å². The molecule has 0 unspecified atom stereocenters. The van der Waals surface area contributed by atoms with Crippen molar-refractivity contribution in [1.29, 1.82) is 0 Å². The summed E-state index contributed by atoms with van der Waals surface area (Å²) in [7, 11) is 2.05. The minimum Gasteiger partial charge on any atom is -0.318 e. The predicted molar refractivity (Wildman–Crippen MR) is 65.7 cm³/mol. The van der Waals surface area contributed by atoms with E-state index >= 15 is 0 Å². The van der Waals surface area contributed by atoms with E-state index in [1.54, 1.807) is 0 Å². The summed E-state index contributed by atoms with van der Waals surface area (Å²) in [5, 5.41) is 0. The Morgan fingerprint density at radius 1 is 1.35 bits per heavy atom. The molecule has 0 aromatic rings. The SMILES string of the molecule is CC(C)C(=O)C1CC[N+](C)(CC(=O)NN)CC1. The van der Waals surface area contributed by atoms with E-state index in [0.29, 0.717) is 16.8 Å². The maximum Gasteiger partial charge on any atom is 0.289 e. The molecular formula is C12H24N3O2+. The number of likely N-dealkylation sites (tertiary alicyclic amines) is 1. The van der Waals surface area contributed by atoms with Crippen molar-refractivity contribution >= 4 is 11.7 Å². The highest BCUT2D eigenvalue weighted by atomic mass is 16.2. The summed E-state index contributed by atoms with van der Waals surface area (Å²) in [5.74, 6) is 5.62. The van der Waals surface area contributed by atoms with Gasteiger partial charge in [0.15, 0.2) is 6.54 Å². The molecule has 0 atom stereocenters. The molecule has 1 aliphatic heterocycles. The van der Waals surface area contributed by atoms with Gasteiger partial charge < -0.3 is 4.48 Å². The third kappa shape index (κ3) is 3.78. The second-order valence-corrected chi connectivity index (χ2v) is 5.62. The lowest BCUT2D eigenvalue weighted by atomic mass is 9.86. The van der Waals surface area contributed by atoms with E-state index < -0.39 is 0 Å². The largest absolute Gasteiger partial charge is 0.318 e. The van der Waals surface area contributed by atoms with Crippen LogP contribution >= 0.6 is 0 Å². The lowest BCUT2D eigenvalue weighted by Gasteiger charge is -2.39. The Bertz CT molecular complexity index is 294. The zero-order valence-electron chi connectivity index (χ0n) is 11.0. The first-order chi connectivity index (χ1) is 7.88. The van der Waals surface area contributed by atoms with Crippen molar-refractivity contribution in [2.45, 2.75) is 26.7 Å². The number of hydrogen-bond acceptors (Lipinski definition) is 3. The number of carbonyl (C=O) groups is 2. The number of hydrazine groups is 1. The van der Waals surface area contributed by atoms with Gasteiger partial charge in [0.1, 0.15) is 5.78 Å². The van der Waals surface area contributed by atoms with Gasteiger partial charge >= 0.3 is 0 Å². The fraction of sp³-hybridized carbons (Fsp3) is 0.833. The summed E-state index contributed by atoms with van der Waals surface area (Å²) in [6, 6.07) is 0. The number of hydrogen-bond donors (Lipinski definition) is 2. The number of likely N-dealkylation sites (N-methyl/N-ethyl adjacent to an activating group) is 1. The number of rotatable bonds is 4. The molecule has 0 aromatic carbocycles. The molecule has 0 radical (unpaired) electrons. The first-order valence-electron chi connectivity index (χ1n) is 6.24. The zero-order valence-corrected chi connectivity index (χ0v) is 11.0. The van der Waals surface area contributed by atoms with E-state index in [1.807, 2.05) is 20.9 Å². The third-order valence-electron chi connectivity index (χ3n) is 3.69. The molecule has 17 heavy (non-hydrogen) atoms. The molecule has 0 spiro atoms. The van der Waals surface area contributed by atoms with Gasteiger partial charge in [-0.05, 0) is 0 Å². The van der Waals surface area contributed by atoms with Gasteiger partial charge in [0, 0.05) is 24.7 Å². The fourth-order valence-electron chi connectivity index (χ4n) is 2.50. The number of nitrogens with zero attached hydrogens (tertiary/aromatic N) is 1. The Morgan fingerprint density at radius 3 is 2.29 bits per heavy atom. The molecule has 1 saturated heterocycles. The van der Waals surface area contributed by atoms with Crippen molar-refractivity contribution in [3.05, 3.63) is 0 Å². The van der Waals surface area contributed by atoms with Gasteiger partial charge in [-0.15, -0.1) is 0 Å². The number of nitrogens with one attached hydrogen (secondary N) is 1. The van der Waals surface area contributed by atoms with Crippen LogP contribution < -0.4 is 11.3 Å². The normalized spacial score (nSPS) is 29.1. The molecule has 0 aliphatic carbocycles. The Balaban J connectivity index is 2.49. The van der Waals surface area contributed by atoms with Gasteiger partial charge in [-0.1, -0.05) is 13.8 Å². The van der Waals surface area contributed by atoms with E-state index in [9.17, 15) is 9.59 Å². The highest BCUT2D eigenvalue weighted by Gasteiger charge is 2.35. The lowest BCUT2D eigenvalue weighted by molar-refractivity contribution is -0.907. The Kier molecular flexibility index (Phi) is 4.65. The number of carbonyl (C=O) groups excluding carboxylic acids is 2. The molecule has 1 heterocycles. The minimum absolute atomic E-state index is 0.115. The van der Waals surface area contributed by atoms with Crippen molar-refractivity contribution < 1.29 is 14.1 Å². The summed E-state index contributed by atoms with van der Waals surface area (Å²) in [6.45, 7) is 6.05. The summed E-state index contributed by atoms with van der Waals surface area (Å²) < 4.78 is 0.685. The van der Waals surface area contributed by atoms with Crippen LogP contribution in [-0.4, -0.2) is 42.9 Å². The number of nitrogens with two attached hydrogens (primary N) is 1. The first-order valence-corrected chi connectivity index (χ1v) is 6.24. The van der Waals surface area contributed by atoms with Crippen LogP contribution in [0.3, 0.4) is 0 Å². The molecule has 0 bridgehead atoms. The second-order valence-electron chi connectivity index (χ2n) is 5.62. The van der Waals surface area contributed by atoms with Gasteiger partial charge in [0.25, 0.3) is 5.91 Å². The molecule has 1 fully saturated rings. The van der Waals surface area contributed by atoms with Crippen molar-refractivity contribution in [2.75, 3.05) is 26.7 Å². The number of Topliss-reactive ketones (excluding diaryl/α,β-unsaturated/α-hetero) is 1. The van der Waals surface area contributed by atoms with Crippen LogP contribution in [0.5, 0.6) is 0 Å². The van der Waals surface area contributed by atoms with Gasteiger partial charge in [0.05, 0.1) is 20.1 Å². The average Bonchev–Trinajstić information content (AvgIpc) is 2.28. The van der Waals surface area contributed by atoms with Crippen LogP contribution in [0.2, 0.25) is 0 Å². The van der Waals surface area contributed by atoms with Crippen molar-refractivity contribution in [2.24, 2.45) is 17.7 Å². The van der Waals surface area contributed by atoms with Crippen molar-refractivity contribution in [3.8, 4) is 0 Å². The predicted octanol–water partition coefficient (Wildman–Crippen LogP) is 0.0580. The van der Waals surface area contributed by atoms with E-state index in [1.165, 1.54) is 0 Å². The first kappa shape index (κ1) is 14.1. The lowest BCUT2D eigenvalue weighted by Crippen LogP contribution is -2.56. The Labute approximate surface area is 103 Å². The molecule has 3 N–H and O–H groups in total. The van der Waals surface area contributed by atoms with Crippen LogP contribution in [0.15, 0.2) is 0 Å². The smallest absolute Gasteiger partial charge is 0.289 e. The molecule has 5 nitrogen and oxygen atoms in total. The van der Waals surface area contributed by atoms with Crippen LogP contribution in [0.4, 0.5) is 0 Å². The Hall–Kier alpha value is -0.940. The average molecular weight is 242 g/mol. The third-order valence-corrected chi connectivity index (χ3v) is 3.69. The van der Waals surface area contributed by atoms with Crippen molar-refractivity contribution in [3.63, 3.8) is 0 Å². The van der Waals surface area contributed by atoms with Crippen LogP contribution in [0.1, 0.15) is 26.7 Å². The van der Waals surface area contributed by atoms with Crippen LogP contribution in [0, 0.1) is 11.8 Å². The van der Waals surface area contributed by atoms with E-state index in [-0.39, 0.29) is 17.7 Å². The summed E-state index contributed by atoms with van der Waals surface area (Å²) in [5.41, 5.74) is 2.17. The molecule has 1 aliphatic rings. The summed E-state index contributed by atoms with van der Waals surface area (Å²) in [4.78, 5) is 23.2. The minimum atomic E-state index is -0.138. The molecule has 98 valence electrons. The van der Waals surface area contributed by atoms with Crippen LogP contribution in [-0.2, 0) is 9.59 Å². The highest BCUT2D eigenvalue weighted by molar-refractivity contribution is 5.82. The monoisotopic (exact) mass is 242 g/mol. The molecular weight excluding hydrogens is 218 g/mol. The van der Waals surface area contributed by atoms with Gasteiger partial charge in [-0.3, -0.25) is 15.0 Å². The molecule has 1 rings (SSSR count). The maximum atomic E-state index is 11.9. The van der Waals surface area contributed by atoms with E-state index in [2.05, 4.69) is 5.43 Å². The fourth-order valence-corrected chi connectivity index (χ4v) is 2.50. The molecule has 0 aromatic heterocycles. The van der Waals surface area contributed by atoms with Gasteiger partial charge in [0.2, 0.25) is 0 Å². The summed E-state index contributed by atoms with van der Waals surface area (Å²) in [6.07, 6.45) is 1.76. The quantitative estimate of drug-likeness (QED) is 0.317. The number of piperidine rings is 1. The summed E-state index contributed by atoms with van der Waals surface area (Å²) >= 11 is 0. The highest BCUT2D eigenvalue weighted by Crippen LogP contribution is 2.24.